The van der Waals surface area contributed by atoms with Gasteiger partial charge in [0.1, 0.15) is 0 Å². The van der Waals surface area contributed by atoms with Gasteiger partial charge in [0.2, 0.25) is 0 Å². The van der Waals surface area contributed by atoms with Crippen LogP contribution < -0.4 is 10.2 Å². The van der Waals surface area contributed by atoms with Crippen molar-refractivity contribution in [2.45, 2.75) is 26.4 Å². The molecule has 0 aromatic carbocycles. The molecule has 1 aliphatic rings. The fourth-order valence-corrected chi connectivity index (χ4v) is 3.75. The average Bonchev–Trinajstić information content (AvgIpc) is 2.36. The summed E-state index contributed by atoms with van der Waals surface area (Å²) in [4.78, 5) is 2.01. The smallest absolute Gasteiger partial charge is 0.154 e. The minimum atomic E-state index is -2.89. The Bertz CT molecular complexity index is 515. The molecule has 1 saturated heterocycles. The van der Waals surface area contributed by atoms with Gasteiger partial charge in [-0.2, -0.15) is 5.10 Å². The molecule has 1 aromatic rings. The molecule has 2 heterocycles. The van der Waals surface area contributed by atoms with E-state index in [0.717, 1.165) is 18.1 Å². The molecule has 0 bridgehead atoms. The molecule has 0 spiro atoms. The Balaban J connectivity index is 2.06. The minimum Gasteiger partial charge on any atom is -0.350 e. The minimum absolute atomic E-state index is 0.0485. The number of anilines is 1. The number of nitrogens with one attached hydrogen (secondary N) is 1. The van der Waals surface area contributed by atoms with Gasteiger partial charge in [0.05, 0.1) is 17.2 Å². The first-order chi connectivity index (χ1) is 9.02. The summed E-state index contributed by atoms with van der Waals surface area (Å²) in [5, 5.41) is 11.5. The van der Waals surface area contributed by atoms with Gasteiger partial charge < -0.3 is 10.2 Å². The van der Waals surface area contributed by atoms with E-state index in [1.807, 2.05) is 30.9 Å². The number of nitrogens with zero attached hydrogens (tertiary/aromatic N) is 3. The Labute approximate surface area is 114 Å². The van der Waals surface area contributed by atoms with Gasteiger partial charge in [-0.05, 0) is 25.6 Å². The monoisotopic (exact) mass is 284 g/mol. The molecule has 106 valence electrons. The molecule has 0 amide bonds. The van der Waals surface area contributed by atoms with Crippen molar-refractivity contribution in [3.05, 3.63) is 17.8 Å². The van der Waals surface area contributed by atoms with Crippen LogP contribution in [-0.4, -0.2) is 49.3 Å². The summed E-state index contributed by atoms with van der Waals surface area (Å²) in [7, 11) is -2.89. The molecule has 7 heteroatoms. The molecule has 0 radical (unpaired) electrons. The van der Waals surface area contributed by atoms with Crippen molar-refractivity contribution in [2.24, 2.45) is 0 Å². The van der Waals surface area contributed by atoms with E-state index in [-0.39, 0.29) is 17.5 Å². The predicted octanol–water partition coefficient (Wildman–Crippen LogP) is 0.209. The standard InChI is InChI=1S/C12H20N4O2S/c1-3-13-8-11-4-5-12(15-14-11)16-6-7-19(17,18)9-10(16)2/h4-5,10,13H,3,6-9H2,1-2H3. The summed E-state index contributed by atoms with van der Waals surface area (Å²) in [5.74, 6) is 1.13. The van der Waals surface area contributed by atoms with Crippen LogP contribution in [0.3, 0.4) is 0 Å². The second-order valence-electron chi connectivity index (χ2n) is 4.82. The average molecular weight is 284 g/mol. The third-order valence-corrected chi connectivity index (χ3v) is 5.02. The molecule has 1 N–H and O–H groups in total. The third kappa shape index (κ3) is 3.63. The largest absolute Gasteiger partial charge is 0.350 e. The lowest BCUT2D eigenvalue weighted by Crippen LogP contribution is -2.47. The number of aromatic nitrogens is 2. The van der Waals surface area contributed by atoms with Crippen LogP contribution in [0.2, 0.25) is 0 Å². The molecular weight excluding hydrogens is 264 g/mol. The highest BCUT2D eigenvalue weighted by Gasteiger charge is 2.28. The van der Waals surface area contributed by atoms with Crippen molar-refractivity contribution in [2.75, 3.05) is 29.5 Å². The van der Waals surface area contributed by atoms with Crippen molar-refractivity contribution in [1.29, 1.82) is 0 Å². The summed E-state index contributed by atoms with van der Waals surface area (Å²) in [6, 6.07) is 3.79. The van der Waals surface area contributed by atoms with Gasteiger partial charge in [0, 0.05) is 19.1 Å². The van der Waals surface area contributed by atoms with Crippen molar-refractivity contribution in [3.8, 4) is 0 Å². The lowest BCUT2D eigenvalue weighted by molar-refractivity contribution is 0.565. The summed E-state index contributed by atoms with van der Waals surface area (Å²) in [6.45, 7) is 6.03. The normalized spacial score (nSPS) is 22.4. The van der Waals surface area contributed by atoms with E-state index in [9.17, 15) is 8.42 Å². The highest BCUT2D eigenvalue weighted by molar-refractivity contribution is 7.91. The summed E-state index contributed by atoms with van der Waals surface area (Å²) < 4.78 is 23.1. The third-order valence-electron chi connectivity index (χ3n) is 3.23. The molecule has 2 rings (SSSR count). The fraction of sp³-hybridized carbons (Fsp3) is 0.667. The maximum Gasteiger partial charge on any atom is 0.154 e. The fourth-order valence-electron chi connectivity index (χ4n) is 2.19. The quantitative estimate of drug-likeness (QED) is 0.852. The van der Waals surface area contributed by atoms with Crippen LogP contribution in [-0.2, 0) is 16.4 Å². The first-order valence-corrected chi connectivity index (χ1v) is 8.34. The molecule has 0 saturated carbocycles. The lowest BCUT2D eigenvalue weighted by Gasteiger charge is -2.33. The number of hydrogen-bond donors (Lipinski definition) is 1. The van der Waals surface area contributed by atoms with Crippen molar-refractivity contribution in [3.63, 3.8) is 0 Å². The van der Waals surface area contributed by atoms with Crippen LogP contribution >= 0.6 is 0 Å². The SMILES string of the molecule is CCNCc1ccc(N2CCS(=O)(=O)CC2C)nn1. The Morgan fingerprint density at radius 2 is 2.21 bits per heavy atom. The number of rotatable bonds is 4. The van der Waals surface area contributed by atoms with Gasteiger partial charge in [-0.15, -0.1) is 5.10 Å². The Hall–Kier alpha value is -1.21. The van der Waals surface area contributed by atoms with E-state index in [4.69, 9.17) is 0 Å². The summed E-state index contributed by atoms with van der Waals surface area (Å²) >= 11 is 0. The zero-order valence-electron chi connectivity index (χ0n) is 11.3. The Morgan fingerprint density at radius 1 is 1.42 bits per heavy atom. The van der Waals surface area contributed by atoms with Gasteiger partial charge in [0.25, 0.3) is 0 Å². The zero-order chi connectivity index (χ0) is 13.9. The Morgan fingerprint density at radius 3 is 2.79 bits per heavy atom. The van der Waals surface area contributed by atoms with Gasteiger partial charge in [-0.3, -0.25) is 0 Å². The first kappa shape index (κ1) is 14.2. The van der Waals surface area contributed by atoms with Crippen molar-refractivity contribution < 1.29 is 8.42 Å². The van der Waals surface area contributed by atoms with Gasteiger partial charge in [-0.1, -0.05) is 6.92 Å². The second kappa shape index (κ2) is 5.83. The van der Waals surface area contributed by atoms with Crippen molar-refractivity contribution >= 4 is 15.7 Å². The number of sulfone groups is 1. The van der Waals surface area contributed by atoms with E-state index >= 15 is 0 Å². The molecule has 1 atom stereocenters. The molecule has 1 aromatic heterocycles. The van der Waals surface area contributed by atoms with Crippen LogP contribution in [0.1, 0.15) is 19.5 Å². The molecule has 1 unspecified atom stereocenters. The van der Waals surface area contributed by atoms with Crippen LogP contribution in [0.25, 0.3) is 0 Å². The van der Waals surface area contributed by atoms with E-state index in [1.54, 1.807) is 0 Å². The van der Waals surface area contributed by atoms with Crippen LogP contribution in [0.4, 0.5) is 5.82 Å². The molecular formula is C12H20N4O2S. The topological polar surface area (TPSA) is 75.2 Å². The summed E-state index contributed by atoms with van der Waals surface area (Å²) in [5.41, 5.74) is 0.892. The van der Waals surface area contributed by atoms with Crippen LogP contribution in [0.5, 0.6) is 0 Å². The Kier molecular flexibility index (Phi) is 4.36. The van der Waals surface area contributed by atoms with E-state index < -0.39 is 9.84 Å². The van der Waals surface area contributed by atoms with E-state index in [1.165, 1.54) is 0 Å². The summed E-state index contributed by atoms with van der Waals surface area (Å²) in [6.07, 6.45) is 0. The molecule has 6 nitrogen and oxygen atoms in total. The van der Waals surface area contributed by atoms with E-state index in [2.05, 4.69) is 15.5 Å². The molecule has 1 fully saturated rings. The highest BCUT2D eigenvalue weighted by atomic mass is 32.2. The van der Waals surface area contributed by atoms with Gasteiger partial charge in [-0.25, -0.2) is 8.42 Å². The van der Waals surface area contributed by atoms with Gasteiger partial charge >= 0.3 is 0 Å². The first-order valence-electron chi connectivity index (χ1n) is 6.52. The van der Waals surface area contributed by atoms with Gasteiger partial charge in [0.15, 0.2) is 15.7 Å². The maximum atomic E-state index is 11.5. The second-order valence-corrected chi connectivity index (χ2v) is 7.05. The molecule has 19 heavy (non-hydrogen) atoms. The lowest BCUT2D eigenvalue weighted by atomic mass is 10.3. The number of hydrogen-bond acceptors (Lipinski definition) is 6. The highest BCUT2D eigenvalue weighted by Crippen LogP contribution is 2.18. The van der Waals surface area contributed by atoms with Crippen LogP contribution in [0, 0.1) is 0 Å². The predicted molar refractivity (Wildman–Crippen MR) is 74.9 cm³/mol. The van der Waals surface area contributed by atoms with E-state index in [0.29, 0.717) is 13.1 Å². The maximum absolute atomic E-state index is 11.5. The van der Waals surface area contributed by atoms with Crippen LogP contribution in [0.15, 0.2) is 12.1 Å². The zero-order valence-corrected chi connectivity index (χ0v) is 12.2. The molecule has 0 aliphatic carbocycles. The van der Waals surface area contributed by atoms with Crippen molar-refractivity contribution in [1.82, 2.24) is 15.5 Å². The molecule has 1 aliphatic heterocycles.